The zero-order valence-corrected chi connectivity index (χ0v) is 8.95. The first-order valence-electron chi connectivity index (χ1n) is 4.87. The molecular weight excluding hydrogens is 184 g/mol. The van der Waals surface area contributed by atoms with E-state index in [1.165, 1.54) is 7.11 Å². The van der Waals surface area contributed by atoms with Crippen LogP contribution in [0.25, 0.3) is 0 Å². The molecule has 0 heterocycles. The monoisotopic (exact) mass is 202 g/mol. The molecule has 4 heteroatoms. The molecule has 0 bridgehead atoms. The van der Waals surface area contributed by atoms with E-state index in [1.807, 2.05) is 13.8 Å². The maximum Gasteiger partial charge on any atom is 0.308 e. The fourth-order valence-corrected chi connectivity index (χ4v) is 1.38. The van der Waals surface area contributed by atoms with Gasteiger partial charge in [-0.1, -0.05) is 13.8 Å². The summed E-state index contributed by atoms with van der Waals surface area (Å²) in [4.78, 5) is 21.9. The van der Waals surface area contributed by atoms with Crippen molar-refractivity contribution in [1.82, 2.24) is 0 Å². The molecule has 0 radical (unpaired) electrons. The van der Waals surface area contributed by atoms with E-state index < -0.39 is 11.9 Å². The predicted octanol–water partition coefficient (Wildman–Crippen LogP) is 1.69. The highest BCUT2D eigenvalue weighted by atomic mass is 16.5. The molecule has 0 aliphatic carbocycles. The van der Waals surface area contributed by atoms with Gasteiger partial charge in [-0.15, -0.1) is 0 Å². The Morgan fingerprint density at radius 3 is 2.00 bits per heavy atom. The Balaban J connectivity index is 4.28. The molecule has 0 aliphatic rings. The third-order valence-corrected chi connectivity index (χ3v) is 2.44. The fourth-order valence-electron chi connectivity index (χ4n) is 1.38. The number of methoxy groups -OCH3 is 1. The Bertz CT molecular complexity index is 200. The molecule has 2 atom stereocenters. The normalized spacial score (nSPS) is 14.5. The van der Waals surface area contributed by atoms with Gasteiger partial charge in [0.15, 0.2) is 0 Å². The standard InChI is InChI=1S/C10H18O4/c1-4-7(9(11)12)6-8(5-2)10(13)14-3/h7-8H,4-6H2,1-3H3,(H,11,12). The van der Waals surface area contributed by atoms with Gasteiger partial charge in [0.05, 0.1) is 18.9 Å². The average Bonchev–Trinajstić information content (AvgIpc) is 2.18. The third-order valence-electron chi connectivity index (χ3n) is 2.44. The van der Waals surface area contributed by atoms with Crippen molar-refractivity contribution in [3.05, 3.63) is 0 Å². The molecule has 82 valence electrons. The molecule has 0 aromatic carbocycles. The van der Waals surface area contributed by atoms with Crippen molar-refractivity contribution < 1.29 is 19.4 Å². The lowest BCUT2D eigenvalue weighted by molar-refractivity contribution is -0.148. The average molecular weight is 202 g/mol. The van der Waals surface area contributed by atoms with E-state index in [1.54, 1.807) is 0 Å². The zero-order valence-electron chi connectivity index (χ0n) is 8.95. The van der Waals surface area contributed by atoms with Crippen LogP contribution in [-0.4, -0.2) is 24.2 Å². The maximum atomic E-state index is 11.2. The molecule has 0 fully saturated rings. The zero-order chi connectivity index (χ0) is 11.1. The minimum atomic E-state index is -0.838. The number of hydrogen-bond donors (Lipinski definition) is 1. The highest BCUT2D eigenvalue weighted by Crippen LogP contribution is 2.19. The van der Waals surface area contributed by atoms with Gasteiger partial charge in [-0.3, -0.25) is 9.59 Å². The van der Waals surface area contributed by atoms with Crippen LogP contribution in [-0.2, 0) is 14.3 Å². The van der Waals surface area contributed by atoms with Crippen LogP contribution in [0, 0.1) is 11.8 Å². The van der Waals surface area contributed by atoms with Gasteiger partial charge in [-0.2, -0.15) is 0 Å². The summed E-state index contributed by atoms with van der Waals surface area (Å²) >= 11 is 0. The van der Waals surface area contributed by atoms with Crippen molar-refractivity contribution >= 4 is 11.9 Å². The van der Waals surface area contributed by atoms with Gasteiger partial charge in [0.2, 0.25) is 0 Å². The summed E-state index contributed by atoms with van der Waals surface area (Å²) in [6, 6.07) is 0. The lowest BCUT2D eigenvalue weighted by Gasteiger charge is -2.16. The first-order chi connectivity index (χ1) is 6.56. The van der Waals surface area contributed by atoms with E-state index in [2.05, 4.69) is 4.74 Å². The molecule has 0 spiro atoms. The molecule has 4 nitrogen and oxygen atoms in total. The van der Waals surface area contributed by atoms with Crippen LogP contribution in [0.4, 0.5) is 0 Å². The summed E-state index contributed by atoms with van der Waals surface area (Å²) in [5.74, 6) is -1.89. The SMILES string of the molecule is CCC(CC(CC)C(=O)OC)C(=O)O. The van der Waals surface area contributed by atoms with Crippen molar-refractivity contribution in [1.29, 1.82) is 0 Å². The molecule has 14 heavy (non-hydrogen) atoms. The Hall–Kier alpha value is -1.06. The number of carboxylic acids is 1. The number of rotatable bonds is 6. The number of carboxylic acid groups (broad SMARTS) is 1. The number of hydrogen-bond acceptors (Lipinski definition) is 3. The van der Waals surface area contributed by atoms with Gasteiger partial charge < -0.3 is 9.84 Å². The van der Waals surface area contributed by atoms with Crippen LogP contribution in [0.2, 0.25) is 0 Å². The van der Waals surface area contributed by atoms with Crippen LogP contribution in [0.1, 0.15) is 33.1 Å². The molecule has 0 aliphatic heterocycles. The second-order valence-corrected chi connectivity index (χ2v) is 3.31. The van der Waals surface area contributed by atoms with Gasteiger partial charge in [-0.25, -0.2) is 0 Å². The summed E-state index contributed by atoms with van der Waals surface area (Å²) < 4.78 is 4.60. The van der Waals surface area contributed by atoms with Crippen LogP contribution >= 0.6 is 0 Å². The largest absolute Gasteiger partial charge is 0.481 e. The topological polar surface area (TPSA) is 63.6 Å². The molecule has 0 saturated heterocycles. The first-order valence-corrected chi connectivity index (χ1v) is 4.87. The first kappa shape index (κ1) is 12.9. The van der Waals surface area contributed by atoms with Crippen molar-refractivity contribution in [2.45, 2.75) is 33.1 Å². The van der Waals surface area contributed by atoms with E-state index >= 15 is 0 Å². The van der Waals surface area contributed by atoms with Crippen LogP contribution < -0.4 is 0 Å². The number of carbonyl (C=O) groups excluding carboxylic acids is 1. The molecule has 2 unspecified atom stereocenters. The Labute approximate surface area is 84.3 Å². The second kappa shape index (κ2) is 6.40. The molecule has 0 aromatic rings. The maximum absolute atomic E-state index is 11.2. The second-order valence-electron chi connectivity index (χ2n) is 3.31. The number of aliphatic carboxylic acids is 1. The molecule has 1 N–H and O–H groups in total. The molecular formula is C10H18O4. The van der Waals surface area contributed by atoms with Crippen LogP contribution in [0.15, 0.2) is 0 Å². The molecule has 0 rings (SSSR count). The van der Waals surface area contributed by atoms with Gasteiger partial charge in [0, 0.05) is 0 Å². The number of carbonyl (C=O) groups is 2. The molecule has 0 amide bonds. The van der Waals surface area contributed by atoms with Crippen molar-refractivity contribution in [3.63, 3.8) is 0 Å². The fraction of sp³-hybridized carbons (Fsp3) is 0.800. The van der Waals surface area contributed by atoms with Crippen LogP contribution in [0.3, 0.4) is 0 Å². The lowest BCUT2D eigenvalue weighted by atomic mass is 9.91. The summed E-state index contributed by atoms with van der Waals surface area (Å²) in [5.41, 5.74) is 0. The van der Waals surface area contributed by atoms with Gasteiger partial charge in [0.1, 0.15) is 0 Å². The smallest absolute Gasteiger partial charge is 0.308 e. The van der Waals surface area contributed by atoms with Crippen molar-refractivity contribution in [2.24, 2.45) is 11.8 Å². The Kier molecular flexibility index (Phi) is 5.92. The van der Waals surface area contributed by atoms with Gasteiger partial charge in [0.25, 0.3) is 0 Å². The minimum Gasteiger partial charge on any atom is -0.481 e. The number of ether oxygens (including phenoxy) is 1. The third kappa shape index (κ3) is 3.77. The highest BCUT2D eigenvalue weighted by Gasteiger charge is 2.25. The summed E-state index contributed by atoms with van der Waals surface area (Å²) in [6.45, 7) is 3.67. The summed E-state index contributed by atoms with van der Waals surface area (Å²) in [6.07, 6.45) is 1.54. The quantitative estimate of drug-likeness (QED) is 0.666. The van der Waals surface area contributed by atoms with E-state index in [0.717, 1.165) is 0 Å². The molecule has 0 aromatic heterocycles. The Morgan fingerprint density at radius 2 is 1.71 bits per heavy atom. The summed E-state index contributed by atoms with van der Waals surface area (Å²) in [7, 11) is 1.33. The summed E-state index contributed by atoms with van der Waals surface area (Å²) in [5, 5.41) is 8.82. The van der Waals surface area contributed by atoms with Gasteiger partial charge >= 0.3 is 11.9 Å². The minimum absolute atomic E-state index is 0.291. The molecule has 0 saturated carbocycles. The van der Waals surface area contributed by atoms with Crippen molar-refractivity contribution in [2.75, 3.05) is 7.11 Å². The van der Waals surface area contributed by atoms with Crippen molar-refractivity contribution in [3.8, 4) is 0 Å². The van der Waals surface area contributed by atoms with Crippen LogP contribution in [0.5, 0.6) is 0 Å². The van der Waals surface area contributed by atoms with E-state index in [4.69, 9.17) is 5.11 Å². The predicted molar refractivity (Wildman–Crippen MR) is 51.8 cm³/mol. The Morgan fingerprint density at radius 1 is 1.21 bits per heavy atom. The number of esters is 1. The van der Waals surface area contributed by atoms with E-state index in [-0.39, 0.29) is 11.9 Å². The highest BCUT2D eigenvalue weighted by molar-refractivity contribution is 5.74. The van der Waals surface area contributed by atoms with E-state index in [9.17, 15) is 9.59 Å². The lowest BCUT2D eigenvalue weighted by Crippen LogP contribution is -2.23. The van der Waals surface area contributed by atoms with Gasteiger partial charge in [-0.05, 0) is 19.3 Å². The van der Waals surface area contributed by atoms with E-state index in [0.29, 0.717) is 19.3 Å².